The van der Waals surface area contributed by atoms with E-state index < -0.39 is 0 Å². The maximum absolute atomic E-state index is 5.93. The number of rotatable bonds is 1. The number of aromatic nitrogens is 2. The van der Waals surface area contributed by atoms with Crippen LogP contribution in [0.15, 0.2) is 23.8 Å². The van der Waals surface area contributed by atoms with Crippen molar-refractivity contribution in [2.45, 2.75) is 0 Å². The summed E-state index contributed by atoms with van der Waals surface area (Å²) in [5.74, 6) is 0. The van der Waals surface area contributed by atoms with Crippen LogP contribution in [0.5, 0.6) is 0 Å². The van der Waals surface area contributed by atoms with Crippen molar-refractivity contribution in [1.82, 2.24) is 9.97 Å². The molecule has 0 saturated heterocycles. The van der Waals surface area contributed by atoms with Gasteiger partial charge in [0.25, 0.3) is 0 Å². The topological polar surface area (TPSA) is 25.8 Å². The minimum Gasteiger partial charge on any atom is -0.259 e. The van der Waals surface area contributed by atoms with Crippen LogP contribution in [-0.2, 0) is 0 Å². The molecule has 0 N–H and O–H groups in total. The summed E-state index contributed by atoms with van der Waals surface area (Å²) in [5, 5.41) is 2.96. The average molecular weight is 231 g/mol. The van der Waals surface area contributed by atoms with Gasteiger partial charge in [-0.2, -0.15) is 0 Å². The maximum Gasteiger partial charge on any atom is 0.148 e. The third kappa shape index (κ3) is 1.82. The summed E-state index contributed by atoms with van der Waals surface area (Å²) in [6.07, 6.45) is 3.14. The Hall–Kier alpha value is -0.640. The Morgan fingerprint density at radius 1 is 1.23 bits per heavy atom. The molecule has 2 aromatic heterocycles. The smallest absolute Gasteiger partial charge is 0.148 e. The molecular formula is C8H4Cl2N2S. The number of hydrogen-bond acceptors (Lipinski definition) is 3. The molecule has 2 rings (SSSR count). The molecule has 0 amide bonds. The van der Waals surface area contributed by atoms with Gasteiger partial charge in [0.1, 0.15) is 10.8 Å². The molecular weight excluding hydrogens is 227 g/mol. The van der Waals surface area contributed by atoms with Crippen molar-refractivity contribution in [2.24, 2.45) is 0 Å². The van der Waals surface area contributed by atoms with Gasteiger partial charge >= 0.3 is 0 Å². The summed E-state index contributed by atoms with van der Waals surface area (Å²) >= 11 is 13.1. The van der Waals surface area contributed by atoms with E-state index in [0.29, 0.717) is 15.9 Å². The number of thiophene rings is 1. The quantitative estimate of drug-likeness (QED) is 0.750. The van der Waals surface area contributed by atoms with Crippen LogP contribution in [0.25, 0.3) is 10.6 Å². The van der Waals surface area contributed by atoms with Crippen molar-refractivity contribution in [1.29, 1.82) is 0 Å². The lowest BCUT2D eigenvalue weighted by Crippen LogP contribution is -1.83. The molecule has 0 aliphatic carbocycles. The van der Waals surface area contributed by atoms with Crippen LogP contribution >= 0.6 is 34.5 Å². The van der Waals surface area contributed by atoms with E-state index in [-0.39, 0.29) is 0 Å². The third-order valence-corrected chi connectivity index (χ3v) is 3.00. The first-order valence-electron chi connectivity index (χ1n) is 3.48. The molecule has 2 nitrogen and oxygen atoms in total. The molecule has 0 aliphatic rings. The first-order chi connectivity index (χ1) is 6.27. The van der Waals surface area contributed by atoms with Gasteiger partial charge in [-0.1, -0.05) is 23.2 Å². The van der Waals surface area contributed by atoms with E-state index in [9.17, 15) is 0 Å². The van der Waals surface area contributed by atoms with E-state index in [0.717, 1.165) is 4.88 Å². The van der Waals surface area contributed by atoms with E-state index >= 15 is 0 Å². The third-order valence-electron chi connectivity index (χ3n) is 1.45. The van der Waals surface area contributed by atoms with Crippen LogP contribution in [0.3, 0.4) is 0 Å². The molecule has 0 spiro atoms. The van der Waals surface area contributed by atoms with Crippen LogP contribution in [0, 0.1) is 0 Å². The van der Waals surface area contributed by atoms with E-state index in [1.807, 2.05) is 11.4 Å². The molecule has 2 heterocycles. The molecule has 13 heavy (non-hydrogen) atoms. The van der Waals surface area contributed by atoms with Crippen molar-refractivity contribution >= 4 is 34.5 Å². The summed E-state index contributed by atoms with van der Waals surface area (Å²) in [6, 6.07) is 1.82. The summed E-state index contributed by atoms with van der Waals surface area (Å²) in [4.78, 5) is 8.94. The van der Waals surface area contributed by atoms with Gasteiger partial charge in [0, 0.05) is 0 Å². The Kier molecular flexibility index (Phi) is 2.49. The van der Waals surface area contributed by atoms with Gasteiger partial charge in [-0.15, -0.1) is 11.3 Å². The highest BCUT2D eigenvalue weighted by atomic mass is 35.5. The molecule has 0 atom stereocenters. The fraction of sp³-hybridized carbons (Fsp3) is 0. The normalized spacial score (nSPS) is 10.3. The molecule has 0 bridgehead atoms. The van der Waals surface area contributed by atoms with Crippen LogP contribution in [0.2, 0.25) is 10.2 Å². The van der Waals surface area contributed by atoms with Crippen LogP contribution in [0.4, 0.5) is 0 Å². The highest BCUT2D eigenvalue weighted by molar-refractivity contribution is 7.14. The van der Waals surface area contributed by atoms with Crippen molar-refractivity contribution in [3.63, 3.8) is 0 Å². The second-order valence-corrected chi connectivity index (χ2v) is 4.04. The first-order valence-corrected chi connectivity index (χ1v) is 5.12. The molecule has 0 unspecified atom stereocenters. The minimum atomic E-state index is 0.377. The summed E-state index contributed by atoms with van der Waals surface area (Å²) in [7, 11) is 0. The molecule has 0 saturated carbocycles. The van der Waals surface area contributed by atoms with Gasteiger partial charge < -0.3 is 0 Å². The number of nitrogens with zero attached hydrogens (tertiary/aromatic N) is 2. The SMILES string of the molecule is Clc1cncc(-c2sccc2Cl)n1. The Labute approximate surface area is 89.2 Å². The standard InChI is InChI=1S/C8H4Cl2N2S/c9-5-1-2-13-8(5)6-3-11-4-7(10)12-6/h1-4H. The zero-order chi connectivity index (χ0) is 9.26. The van der Waals surface area contributed by atoms with Crippen LogP contribution in [0.1, 0.15) is 0 Å². The van der Waals surface area contributed by atoms with E-state index in [2.05, 4.69) is 9.97 Å². The highest BCUT2D eigenvalue weighted by Gasteiger charge is 2.06. The molecule has 5 heteroatoms. The zero-order valence-corrected chi connectivity index (χ0v) is 8.70. The van der Waals surface area contributed by atoms with Crippen molar-refractivity contribution in [2.75, 3.05) is 0 Å². The average Bonchev–Trinajstić information content (AvgIpc) is 2.51. The van der Waals surface area contributed by atoms with Crippen molar-refractivity contribution in [3.05, 3.63) is 34.0 Å². The number of hydrogen-bond donors (Lipinski definition) is 0. The lowest BCUT2D eigenvalue weighted by Gasteiger charge is -1.96. The maximum atomic E-state index is 5.93. The van der Waals surface area contributed by atoms with Crippen LogP contribution in [-0.4, -0.2) is 9.97 Å². The van der Waals surface area contributed by atoms with E-state index in [1.54, 1.807) is 6.20 Å². The Morgan fingerprint density at radius 3 is 2.69 bits per heavy atom. The van der Waals surface area contributed by atoms with Gasteiger partial charge in [-0.05, 0) is 11.4 Å². The lowest BCUT2D eigenvalue weighted by molar-refractivity contribution is 1.21. The van der Waals surface area contributed by atoms with Crippen molar-refractivity contribution in [3.8, 4) is 10.6 Å². The van der Waals surface area contributed by atoms with Crippen LogP contribution < -0.4 is 0 Å². The largest absolute Gasteiger partial charge is 0.259 e. The molecule has 0 radical (unpaired) electrons. The zero-order valence-electron chi connectivity index (χ0n) is 6.37. The lowest BCUT2D eigenvalue weighted by atomic mass is 10.3. The predicted molar refractivity (Wildman–Crippen MR) is 55.4 cm³/mol. The minimum absolute atomic E-state index is 0.377. The fourth-order valence-corrected chi connectivity index (χ4v) is 2.18. The summed E-state index contributed by atoms with van der Waals surface area (Å²) in [5.41, 5.74) is 0.715. The van der Waals surface area contributed by atoms with Gasteiger partial charge in [-0.25, -0.2) is 4.98 Å². The molecule has 0 fully saturated rings. The van der Waals surface area contributed by atoms with Gasteiger partial charge in [0.15, 0.2) is 0 Å². The molecule has 66 valence electrons. The Bertz CT molecular complexity index is 428. The molecule has 0 aromatic carbocycles. The van der Waals surface area contributed by atoms with E-state index in [1.165, 1.54) is 17.5 Å². The second-order valence-electron chi connectivity index (χ2n) is 2.32. The number of halogens is 2. The predicted octanol–water partition coefficient (Wildman–Crippen LogP) is 3.51. The Balaban J connectivity index is 2.53. The summed E-state index contributed by atoms with van der Waals surface area (Å²) in [6.45, 7) is 0. The second kappa shape index (κ2) is 3.62. The van der Waals surface area contributed by atoms with Gasteiger partial charge in [0.05, 0.1) is 22.3 Å². The highest BCUT2D eigenvalue weighted by Crippen LogP contribution is 2.31. The summed E-state index contributed by atoms with van der Waals surface area (Å²) < 4.78 is 0. The first kappa shape index (κ1) is 8.94. The van der Waals surface area contributed by atoms with E-state index in [4.69, 9.17) is 23.2 Å². The van der Waals surface area contributed by atoms with Gasteiger partial charge in [0.2, 0.25) is 0 Å². The van der Waals surface area contributed by atoms with Crippen molar-refractivity contribution < 1.29 is 0 Å². The Morgan fingerprint density at radius 2 is 2.08 bits per heavy atom. The fourth-order valence-electron chi connectivity index (χ4n) is 0.928. The molecule has 0 aliphatic heterocycles. The monoisotopic (exact) mass is 230 g/mol. The molecule has 2 aromatic rings. The van der Waals surface area contributed by atoms with Gasteiger partial charge in [-0.3, -0.25) is 4.98 Å².